The summed E-state index contributed by atoms with van der Waals surface area (Å²) in [6, 6.07) is 2.68. The molecular weight excluding hydrogens is 352 g/mol. The van der Waals surface area contributed by atoms with Crippen molar-refractivity contribution in [3.05, 3.63) is 35.8 Å². The molecule has 7 heteroatoms. The fourth-order valence-electron chi connectivity index (χ4n) is 4.44. The number of nitrogens with one attached hydrogen (secondary N) is 1. The molecule has 0 unspecified atom stereocenters. The average molecular weight is 383 g/mol. The van der Waals surface area contributed by atoms with Crippen LogP contribution in [0.15, 0.2) is 18.5 Å². The van der Waals surface area contributed by atoms with E-state index in [4.69, 9.17) is 0 Å². The van der Waals surface area contributed by atoms with Gasteiger partial charge in [0.15, 0.2) is 5.82 Å². The lowest BCUT2D eigenvalue weighted by molar-refractivity contribution is 0.0674. The number of anilines is 1. The van der Waals surface area contributed by atoms with E-state index in [9.17, 15) is 4.79 Å². The Morgan fingerprint density at radius 3 is 2.61 bits per heavy atom. The zero-order valence-electron chi connectivity index (χ0n) is 16.9. The fraction of sp³-hybridized carbons (Fsp3) is 0.619. The van der Waals surface area contributed by atoms with Crippen LogP contribution in [-0.4, -0.2) is 49.5 Å². The Morgan fingerprint density at radius 2 is 1.93 bits per heavy atom. The maximum Gasteiger partial charge on any atom is 0.289 e. The average Bonchev–Trinajstić information content (AvgIpc) is 3.33. The van der Waals surface area contributed by atoms with Gasteiger partial charge in [0.05, 0.1) is 0 Å². The Balaban J connectivity index is 1.33. The first-order chi connectivity index (χ1) is 13.6. The van der Waals surface area contributed by atoms with Gasteiger partial charge in [0.1, 0.15) is 11.6 Å². The molecule has 3 heterocycles. The molecule has 2 fully saturated rings. The number of piperidine rings is 1. The lowest BCUT2D eigenvalue weighted by Crippen LogP contribution is -2.40. The highest BCUT2D eigenvalue weighted by molar-refractivity contribution is 5.90. The van der Waals surface area contributed by atoms with E-state index in [2.05, 4.69) is 26.3 Å². The molecule has 1 aliphatic carbocycles. The van der Waals surface area contributed by atoms with Gasteiger partial charge in [-0.15, -0.1) is 0 Å². The van der Waals surface area contributed by atoms with Crippen molar-refractivity contribution in [1.82, 2.24) is 24.4 Å². The van der Waals surface area contributed by atoms with Gasteiger partial charge in [-0.05, 0) is 44.9 Å². The second-order valence-electron chi connectivity index (χ2n) is 8.22. The van der Waals surface area contributed by atoms with Gasteiger partial charge in [0.25, 0.3) is 5.91 Å². The van der Waals surface area contributed by atoms with Crippen LogP contribution in [0, 0.1) is 12.8 Å². The highest BCUT2D eigenvalue weighted by atomic mass is 16.2. The van der Waals surface area contributed by atoms with E-state index < -0.39 is 0 Å². The van der Waals surface area contributed by atoms with Crippen LogP contribution in [0.4, 0.5) is 5.82 Å². The first-order valence-corrected chi connectivity index (χ1v) is 10.5. The molecule has 150 valence electrons. The number of rotatable bonds is 5. The maximum absolute atomic E-state index is 12.6. The predicted molar refractivity (Wildman–Crippen MR) is 108 cm³/mol. The Kier molecular flexibility index (Phi) is 5.59. The molecule has 2 aliphatic rings. The lowest BCUT2D eigenvalue weighted by Gasteiger charge is -2.31. The number of nitrogens with zero attached hydrogens (tertiary/aromatic N) is 5. The number of aryl methyl sites for hydroxylation is 2. The van der Waals surface area contributed by atoms with Crippen LogP contribution in [-0.2, 0) is 13.5 Å². The third-order valence-corrected chi connectivity index (χ3v) is 6.01. The van der Waals surface area contributed by atoms with Gasteiger partial charge in [-0.2, -0.15) is 0 Å². The summed E-state index contributed by atoms with van der Waals surface area (Å²) < 4.78 is 1.79. The molecule has 4 rings (SSSR count). The normalized spacial score (nSPS) is 18.6. The zero-order valence-corrected chi connectivity index (χ0v) is 16.9. The largest absolute Gasteiger partial charge is 0.367 e. The minimum Gasteiger partial charge on any atom is -0.367 e. The molecule has 2 aromatic rings. The summed E-state index contributed by atoms with van der Waals surface area (Å²) in [5.41, 5.74) is 1.11. The van der Waals surface area contributed by atoms with Gasteiger partial charge in [-0.3, -0.25) is 4.79 Å². The third-order valence-electron chi connectivity index (χ3n) is 6.01. The molecule has 28 heavy (non-hydrogen) atoms. The van der Waals surface area contributed by atoms with Crippen LogP contribution < -0.4 is 5.32 Å². The SMILES string of the molecule is Cc1nc(CC2CCN(C(=O)c3nccn3C)CC2)cc(NC2CCCC2)n1. The molecule has 1 saturated heterocycles. The van der Waals surface area contributed by atoms with Crippen molar-refractivity contribution < 1.29 is 4.79 Å². The summed E-state index contributed by atoms with van der Waals surface area (Å²) in [7, 11) is 1.86. The molecule has 1 amide bonds. The first kappa shape index (κ1) is 18.9. The van der Waals surface area contributed by atoms with Crippen LogP contribution in [0.1, 0.15) is 60.7 Å². The van der Waals surface area contributed by atoms with E-state index in [1.165, 1.54) is 25.7 Å². The topological polar surface area (TPSA) is 75.9 Å². The molecular formula is C21H30N6O. The number of likely N-dealkylation sites (tertiary alicyclic amines) is 1. The molecule has 2 aromatic heterocycles. The Hall–Kier alpha value is -2.44. The van der Waals surface area contributed by atoms with E-state index >= 15 is 0 Å². The highest BCUT2D eigenvalue weighted by Gasteiger charge is 2.26. The van der Waals surface area contributed by atoms with Gasteiger partial charge < -0.3 is 14.8 Å². The molecule has 1 N–H and O–H groups in total. The quantitative estimate of drug-likeness (QED) is 0.860. The maximum atomic E-state index is 12.6. The van der Waals surface area contributed by atoms with Gasteiger partial charge in [-0.25, -0.2) is 15.0 Å². The number of carbonyl (C=O) groups excluding carboxylic acids is 1. The van der Waals surface area contributed by atoms with Gasteiger partial charge in [0.2, 0.25) is 0 Å². The van der Waals surface area contributed by atoms with Crippen LogP contribution in [0.25, 0.3) is 0 Å². The number of amides is 1. The molecule has 0 atom stereocenters. The van der Waals surface area contributed by atoms with E-state index in [-0.39, 0.29) is 5.91 Å². The third kappa shape index (κ3) is 4.34. The standard InChI is InChI=1S/C21H30N6O/c1-15-23-18(14-19(24-15)25-17-5-3-4-6-17)13-16-7-10-27(11-8-16)21(28)20-22-9-12-26(20)2/h9,12,14,16-17H,3-8,10-11,13H2,1-2H3,(H,23,24,25). The van der Waals surface area contributed by atoms with Crippen LogP contribution in [0.3, 0.4) is 0 Å². The summed E-state index contributed by atoms with van der Waals surface area (Å²) in [5, 5.41) is 3.59. The van der Waals surface area contributed by atoms with Crippen molar-refractivity contribution >= 4 is 11.7 Å². The van der Waals surface area contributed by atoms with Crippen LogP contribution in [0.2, 0.25) is 0 Å². The smallest absolute Gasteiger partial charge is 0.289 e. The Morgan fingerprint density at radius 1 is 1.18 bits per heavy atom. The molecule has 1 aliphatic heterocycles. The van der Waals surface area contributed by atoms with E-state index in [0.717, 1.165) is 49.7 Å². The summed E-state index contributed by atoms with van der Waals surface area (Å²) in [6.07, 6.45) is 11.5. The van der Waals surface area contributed by atoms with E-state index in [0.29, 0.717) is 17.8 Å². The summed E-state index contributed by atoms with van der Waals surface area (Å²) >= 11 is 0. The summed E-state index contributed by atoms with van der Waals surface area (Å²) in [6.45, 7) is 3.54. The van der Waals surface area contributed by atoms with Crippen molar-refractivity contribution in [2.45, 2.75) is 57.9 Å². The number of imidazole rings is 1. The molecule has 0 aromatic carbocycles. The van der Waals surface area contributed by atoms with Gasteiger partial charge in [0, 0.05) is 50.3 Å². The molecule has 0 spiro atoms. The van der Waals surface area contributed by atoms with Gasteiger partial charge >= 0.3 is 0 Å². The van der Waals surface area contributed by atoms with E-state index in [1.807, 2.05) is 25.1 Å². The first-order valence-electron chi connectivity index (χ1n) is 10.5. The number of hydrogen-bond donors (Lipinski definition) is 1. The van der Waals surface area contributed by atoms with Crippen molar-refractivity contribution in [3.8, 4) is 0 Å². The number of aromatic nitrogens is 4. The fourth-order valence-corrected chi connectivity index (χ4v) is 4.44. The van der Waals surface area contributed by atoms with Crippen molar-refractivity contribution in [2.24, 2.45) is 13.0 Å². The summed E-state index contributed by atoms with van der Waals surface area (Å²) in [5.74, 6) is 2.91. The molecule has 7 nitrogen and oxygen atoms in total. The molecule has 1 saturated carbocycles. The second-order valence-corrected chi connectivity index (χ2v) is 8.22. The Bertz CT molecular complexity index is 818. The van der Waals surface area contributed by atoms with Crippen molar-refractivity contribution in [3.63, 3.8) is 0 Å². The monoisotopic (exact) mass is 382 g/mol. The Labute approximate surface area is 166 Å². The lowest BCUT2D eigenvalue weighted by atomic mass is 9.92. The highest BCUT2D eigenvalue weighted by Crippen LogP contribution is 2.25. The number of hydrogen-bond acceptors (Lipinski definition) is 5. The predicted octanol–water partition coefficient (Wildman–Crippen LogP) is 2.97. The molecule has 0 radical (unpaired) electrons. The van der Waals surface area contributed by atoms with Gasteiger partial charge in [-0.1, -0.05) is 12.8 Å². The minimum absolute atomic E-state index is 0.0341. The number of carbonyl (C=O) groups is 1. The second kappa shape index (κ2) is 8.29. The van der Waals surface area contributed by atoms with E-state index in [1.54, 1.807) is 10.8 Å². The minimum atomic E-state index is 0.0341. The van der Waals surface area contributed by atoms with Crippen molar-refractivity contribution in [2.75, 3.05) is 18.4 Å². The van der Waals surface area contributed by atoms with Crippen LogP contribution >= 0.6 is 0 Å². The summed E-state index contributed by atoms with van der Waals surface area (Å²) in [4.78, 5) is 28.0. The molecule has 0 bridgehead atoms. The van der Waals surface area contributed by atoms with Crippen LogP contribution in [0.5, 0.6) is 0 Å². The van der Waals surface area contributed by atoms with Crippen molar-refractivity contribution in [1.29, 1.82) is 0 Å². The zero-order chi connectivity index (χ0) is 19.5.